The Labute approximate surface area is 84.5 Å². The van der Waals surface area contributed by atoms with Crippen molar-refractivity contribution in [2.75, 3.05) is 6.26 Å². The van der Waals surface area contributed by atoms with Gasteiger partial charge in [-0.05, 0) is 27.7 Å². The van der Waals surface area contributed by atoms with Crippen molar-refractivity contribution < 1.29 is 22.1 Å². The van der Waals surface area contributed by atoms with Crippen LogP contribution in [0.4, 0.5) is 0 Å². The molecule has 0 heterocycles. The Morgan fingerprint density at radius 3 is 2.00 bits per heavy atom. The van der Waals surface area contributed by atoms with Crippen molar-refractivity contribution in [1.82, 2.24) is 0 Å². The minimum absolute atomic E-state index is 0.647. The number of esters is 1. The van der Waals surface area contributed by atoms with Gasteiger partial charge in [-0.1, -0.05) is 0 Å². The van der Waals surface area contributed by atoms with E-state index in [9.17, 15) is 13.2 Å². The van der Waals surface area contributed by atoms with Crippen LogP contribution in [0.25, 0.3) is 0 Å². The smallest absolute Gasteiger partial charge is 0.337 e. The summed E-state index contributed by atoms with van der Waals surface area (Å²) in [6, 6.07) is 0. The highest BCUT2D eigenvalue weighted by Gasteiger charge is 2.24. The fourth-order valence-corrected chi connectivity index (χ4v) is 1.29. The van der Waals surface area contributed by atoms with Crippen molar-refractivity contribution in [2.45, 2.75) is 39.4 Å². The Bertz CT molecular complexity index is 298. The summed E-state index contributed by atoms with van der Waals surface area (Å²) in [5.41, 5.74) is -0.647. The van der Waals surface area contributed by atoms with Gasteiger partial charge in [-0.15, -0.1) is 0 Å². The predicted octanol–water partition coefficient (Wildman–Crippen LogP) is 0.693. The fourth-order valence-electron chi connectivity index (χ4n) is 0.686. The Balaban J connectivity index is 4.29. The average Bonchev–Trinajstić information content (AvgIpc) is 1.78. The quantitative estimate of drug-likeness (QED) is 0.521. The highest BCUT2D eigenvalue weighted by Crippen LogP contribution is 2.10. The van der Waals surface area contributed by atoms with E-state index >= 15 is 0 Å². The topological polar surface area (TPSA) is 69.7 Å². The van der Waals surface area contributed by atoms with E-state index in [2.05, 4.69) is 4.18 Å². The van der Waals surface area contributed by atoms with Crippen LogP contribution in [0.1, 0.15) is 27.7 Å². The van der Waals surface area contributed by atoms with Gasteiger partial charge in [-0.3, -0.25) is 4.18 Å². The van der Waals surface area contributed by atoms with E-state index in [0.717, 1.165) is 6.26 Å². The predicted molar refractivity (Wildman–Crippen MR) is 51.2 cm³/mol. The molecule has 0 aliphatic rings. The lowest BCUT2D eigenvalue weighted by Crippen LogP contribution is -2.32. The lowest BCUT2D eigenvalue weighted by atomic mass is 10.2. The Morgan fingerprint density at radius 1 is 1.29 bits per heavy atom. The Kier molecular flexibility index (Phi) is 4.08. The molecule has 0 fully saturated rings. The molecule has 0 aromatic carbocycles. The van der Waals surface area contributed by atoms with Crippen molar-refractivity contribution in [3.8, 4) is 0 Å². The Morgan fingerprint density at radius 2 is 1.71 bits per heavy atom. The van der Waals surface area contributed by atoms with Gasteiger partial charge in [0.1, 0.15) is 5.60 Å². The molecule has 14 heavy (non-hydrogen) atoms. The molecule has 0 saturated heterocycles. The zero-order valence-electron chi connectivity index (χ0n) is 9.03. The van der Waals surface area contributed by atoms with Crippen LogP contribution < -0.4 is 0 Å². The molecule has 0 radical (unpaired) electrons. The standard InChI is InChI=1S/C8H16O5S/c1-6(13-14(5,10)11)7(9)12-8(2,3)4/h6H,1-5H3/t6-/m0/s1. The van der Waals surface area contributed by atoms with Crippen LogP contribution in [0.5, 0.6) is 0 Å². The van der Waals surface area contributed by atoms with Gasteiger partial charge in [0.25, 0.3) is 10.1 Å². The maximum atomic E-state index is 11.2. The van der Waals surface area contributed by atoms with E-state index in [0.29, 0.717) is 0 Å². The first kappa shape index (κ1) is 13.4. The molecule has 0 amide bonds. The molecule has 0 aromatic rings. The molecule has 5 nitrogen and oxygen atoms in total. The van der Waals surface area contributed by atoms with E-state index in [4.69, 9.17) is 4.74 Å². The van der Waals surface area contributed by atoms with Crippen LogP contribution in [-0.4, -0.2) is 32.3 Å². The SMILES string of the molecule is C[C@H](OS(C)(=O)=O)C(=O)OC(C)(C)C. The van der Waals surface area contributed by atoms with Gasteiger partial charge in [-0.2, -0.15) is 8.42 Å². The zero-order valence-corrected chi connectivity index (χ0v) is 9.84. The van der Waals surface area contributed by atoms with Crippen molar-refractivity contribution in [3.05, 3.63) is 0 Å². The van der Waals surface area contributed by atoms with Gasteiger partial charge in [0.05, 0.1) is 6.26 Å². The van der Waals surface area contributed by atoms with Gasteiger partial charge in [0.2, 0.25) is 0 Å². The molecule has 0 unspecified atom stereocenters. The van der Waals surface area contributed by atoms with E-state index < -0.39 is 27.8 Å². The van der Waals surface area contributed by atoms with Crippen LogP contribution in [0.2, 0.25) is 0 Å². The van der Waals surface area contributed by atoms with Crippen LogP contribution in [0.15, 0.2) is 0 Å². The average molecular weight is 224 g/mol. The van der Waals surface area contributed by atoms with Crippen LogP contribution >= 0.6 is 0 Å². The number of carbonyl (C=O) groups excluding carboxylic acids is 1. The molecule has 6 heteroatoms. The second kappa shape index (κ2) is 4.27. The highest BCUT2D eigenvalue weighted by atomic mass is 32.2. The maximum Gasteiger partial charge on any atom is 0.337 e. The van der Waals surface area contributed by atoms with E-state index in [1.54, 1.807) is 20.8 Å². The molecule has 0 aliphatic carbocycles. The first-order valence-electron chi connectivity index (χ1n) is 4.12. The largest absolute Gasteiger partial charge is 0.458 e. The van der Waals surface area contributed by atoms with E-state index in [1.807, 2.05) is 0 Å². The van der Waals surface area contributed by atoms with Gasteiger partial charge in [-0.25, -0.2) is 4.79 Å². The molecule has 84 valence electrons. The molecule has 0 spiro atoms. The second-order valence-electron chi connectivity index (χ2n) is 3.98. The first-order valence-corrected chi connectivity index (χ1v) is 5.94. The number of carbonyl (C=O) groups is 1. The summed E-state index contributed by atoms with van der Waals surface area (Å²) < 4.78 is 30.7. The molecule has 1 atom stereocenters. The molecule has 0 N–H and O–H groups in total. The first-order chi connectivity index (χ1) is 6.01. The minimum atomic E-state index is -3.62. The maximum absolute atomic E-state index is 11.2. The van der Waals surface area contributed by atoms with Crippen molar-refractivity contribution in [3.63, 3.8) is 0 Å². The highest BCUT2D eigenvalue weighted by molar-refractivity contribution is 7.86. The Hall–Kier alpha value is -0.620. The third-order valence-electron chi connectivity index (χ3n) is 1.06. The lowest BCUT2D eigenvalue weighted by Gasteiger charge is -2.21. The van der Waals surface area contributed by atoms with Gasteiger partial charge in [0, 0.05) is 0 Å². The summed E-state index contributed by atoms with van der Waals surface area (Å²) in [5, 5.41) is 0. The molecule has 0 aliphatic heterocycles. The van der Waals surface area contributed by atoms with Crippen LogP contribution in [0, 0.1) is 0 Å². The third kappa shape index (κ3) is 6.85. The second-order valence-corrected chi connectivity index (χ2v) is 5.58. The van der Waals surface area contributed by atoms with Crippen molar-refractivity contribution in [1.29, 1.82) is 0 Å². The van der Waals surface area contributed by atoms with Crippen LogP contribution in [-0.2, 0) is 23.8 Å². The number of rotatable bonds is 3. The molecular formula is C8H16O5S. The minimum Gasteiger partial charge on any atom is -0.458 e. The number of ether oxygens (including phenoxy) is 1. The third-order valence-corrected chi connectivity index (χ3v) is 1.70. The summed E-state index contributed by atoms with van der Waals surface area (Å²) in [4.78, 5) is 11.2. The monoisotopic (exact) mass is 224 g/mol. The number of hydrogen-bond donors (Lipinski definition) is 0. The van der Waals surface area contributed by atoms with Gasteiger partial charge >= 0.3 is 5.97 Å². The summed E-state index contributed by atoms with van der Waals surface area (Å²) in [6.07, 6.45) is -0.224. The lowest BCUT2D eigenvalue weighted by molar-refractivity contribution is -0.162. The molecule has 0 saturated carbocycles. The molecule has 0 aromatic heterocycles. The van der Waals surface area contributed by atoms with Crippen molar-refractivity contribution >= 4 is 16.1 Å². The zero-order chi connectivity index (χ0) is 11.6. The summed E-state index contributed by atoms with van der Waals surface area (Å²) in [6.45, 7) is 6.41. The van der Waals surface area contributed by atoms with E-state index in [1.165, 1.54) is 6.92 Å². The summed E-state index contributed by atoms with van der Waals surface area (Å²) in [7, 11) is -3.62. The molecule has 0 rings (SSSR count). The molecular weight excluding hydrogens is 208 g/mol. The van der Waals surface area contributed by atoms with Gasteiger partial charge < -0.3 is 4.74 Å². The normalized spacial score (nSPS) is 14.9. The van der Waals surface area contributed by atoms with Crippen LogP contribution in [0.3, 0.4) is 0 Å². The van der Waals surface area contributed by atoms with Crippen molar-refractivity contribution in [2.24, 2.45) is 0 Å². The number of hydrogen-bond acceptors (Lipinski definition) is 5. The summed E-state index contributed by atoms with van der Waals surface area (Å²) >= 11 is 0. The summed E-state index contributed by atoms with van der Waals surface area (Å²) in [5.74, 6) is -0.692. The van der Waals surface area contributed by atoms with E-state index in [-0.39, 0.29) is 0 Å². The fraction of sp³-hybridized carbons (Fsp3) is 0.875. The van der Waals surface area contributed by atoms with Gasteiger partial charge in [0.15, 0.2) is 6.10 Å². The molecule has 0 bridgehead atoms.